The Morgan fingerprint density at radius 1 is 0.970 bits per heavy atom. The number of hydrogen-bond acceptors (Lipinski definition) is 6. The van der Waals surface area contributed by atoms with Crippen molar-refractivity contribution in [1.29, 1.82) is 0 Å². The summed E-state index contributed by atoms with van der Waals surface area (Å²) in [7, 11) is 0. The molecule has 0 heterocycles. The fourth-order valence-electron chi connectivity index (χ4n) is 2.75. The van der Waals surface area contributed by atoms with Crippen LogP contribution in [0.5, 0.6) is 11.5 Å². The fraction of sp³-hybridized carbons (Fsp3) is 0.304. The Bertz CT molecular complexity index is 965. The molecule has 0 fully saturated rings. The molecule has 9 nitrogen and oxygen atoms in total. The van der Waals surface area contributed by atoms with Gasteiger partial charge in [-0.15, -0.1) is 0 Å². The number of para-hydroxylation sites is 1. The lowest BCUT2D eigenvalue weighted by molar-refractivity contribution is -0.141. The summed E-state index contributed by atoms with van der Waals surface area (Å²) in [6, 6.07) is 14.0. The number of alkyl halides is 1. The van der Waals surface area contributed by atoms with E-state index in [9.17, 15) is 23.6 Å². The molecule has 2 aromatic rings. The van der Waals surface area contributed by atoms with Crippen LogP contribution >= 0.6 is 0 Å². The number of rotatable bonds is 11. The van der Waals surface area contributed by atoms with Gasteiger partial charge in [0.15, 0.2) is 11.9 Å². The number of carbonyl (C=O) groups excluding carboxylic acids is 3. The smallest absolute Gasteiger partial charge is 0.412 e. The van der Waals surface area contributed by atoms with E-state index < -0.39 is 54.9 Å². The van der Waals surface area contributed by atoms with Crippen LogP contribution < -0.4 is 15.4 Å². The summed E-state index contributed by atoms with van der Waals surface area (Å²) >= 11 is 0. The number of ether oxygens (including phenoxy) is 2. The number of nitrogens with one attached hydrogen (secondary N) is 2. The first-order valence-electron chi connectivity index (χ1n) is 10.1. The van der Waals surface area contributed by atoms with Gasteiger partial charge < -0.3 is 19.9 Å². The zero-order valence-electron chi connectivity index (χ0n) is 18.1. The average Bonchev–Trinajstić information content (AvgIpc) is 2.78. The zero-order valence-corrected chi connectivity index (χ0v) is 18.1. The number of anilines is 1. The number of carboxylic acid groups (broad SMARTS) is 1. The predicted octanol–water partition coefficient (Wildman–Crippen LogP) is 3.55. The molecule has 0 aliphatic rings. The topological polar surface area (TPSA) is 131 Å². The molecule has 3 N–H and O–H groups in total. The second-order valence-corrected chi connectivity index (χ2v) is 7.39. The molecule has 0 saturated heterocycles. The van der Waals surface area contributed by atoms with Crippen LogP contribution in [0.25, 0.3) is 0 Å². The molecule has 2 aromatic carbocycles. The maximum atomic E-state index is 12.7. The van der Waals surface area contributed by atoms with E-state index in [1.54, 1.807) is 50.2 Å². The second-order valence-electron chi connectivity index (χ2n) is 7.39. The Kier molecular flexibility index (Phi) is 9.34. The minimum Gasteiger partial charge on any atom is -0.481 e. The lowest BCUT2D eigenvalue weighted by Crippen LogP contribution is -2.49. The van der Waals surface area contributed by atoms with Crippen LogP contribution in [0.2, 0.25) is 0 Å². The molecule has 10 heteroatoms. The quantitative estimate of drug-likeness (QED) is 0.467. The minimum atomic E-state index is -1.56. The third kappa shape index (κ3) is 8.24. The summed E-state index contributed by atoms with van der Waals surface area (Å²) in [4.78, 5) is 47.3. The third-order valence-electron chi connectivity index (χ3n) is 4.39. The Labute approximate surface area is 189 Å². The Hall–Kier alpha value is -3.95. The number of amides is 2. The molecular formula is C23H25FN2O7. The van der Waals surface area contributed by atoms with Crippen molar-refractivity contribution in [2.24, 2.45) is 5.92 Å². The Balaban J connectivity index is 1.98. The Morgan fingerprint density at radius 3 is 2.12 bits per heavy atom. The van der Waals surface area contributed by atoms with Gasteiger partial charge in [-0.05, 0) is 42.3 Å². The SMILES string of the molecule is CC(C)[C@H](OC(=O)Nc1ccc(Oc2ccccc2)cc1)C(=O)NC(CC(=O)O)C(=O)CF. The molecule has 0 aliphatic heterocycles. The van der Waals surface area contributed by atoms with E-state index in [1.807, 2.05) is 18.2 Å². The molecule has 33 heavy (non-hydrogen) atoms. The summed E-state index contributed by atoms with van der Waals surface area (Å²) < 4.78 is 23.5. The van der Waals surface area contributed by atoms with E-state index in [2.05, 4.69) is 10.6 Å². The first-order valence-corrected chi connectivity index (χ1v) is 10.1. The van der Waals surface area contributed by atoms with Crippen molar-refractivity contribution in [3.05, 3.63) is 54.6 Å². The monoisotopic (exact) mass is 460 g/mol. The number of hydrogen-bond donors (Lipinski definition) is 3. The maximum Gasteiger partial charge on any atom is 0.412 e. The summed E-state index contributed by atoms with van der Waals surface area (Å²) in [5.74, 6) is -2.70. The van der Waals surface area contributed by atoms with E-state index in [4.69, 9.17) is 14.6 Å². The van der Waals surface area contributed by atoms with Crippen LogP contribution in [0, 0.1) is 5.92 Å². The number of Topliss-reactive ketones (excluding diaryl/α,β-unsaturated/α-hetero) is 1. The molecule has 2 atom stereocenters. The van der Waals surface area contributed by atoms with Gasteiger partial charge in [0.2, 0.25) is 0 Å². The maximum absolute atomic E-state index is 12.7. The number of aliphatic carboxylic acids is 1. The highest BCUT2D eigenvalue weighted by Gasteiger charge is 2.31. The van der Waals surface area contributed by atoms with Crippen molar-refractivity contribution in [3.63, 3.8) is 0 Å². The van der Waals surface area contributed by atoms with Crippen molar-refractivity contribution in [2.75, 3.05) is 12.0 Å². The second kappa shape index (κ2) is 12.2. The van der Waals surface area contributed by atoms with Crippen LogP contribution in [0.15, 0.2) is 54.6 Å². The average molecular weight is 460 g/mol. The van der Waals surface area contributed by atoms with Gasteiger partial charge in [0.1, 0.15) is 24.2 Å². The van der Waals surface area contributed by atoms with Crippen LogP contribution in [0.1, 0.15) is 20.3 Å². The highest BCUT2D eigenvalue weighted by molar-refractivity contribution is 5.94. The molecule has 1 unspecified atom stereocenters. The van der Waals surface area contributed by atoms with E-state index >= 15 is 0 Å². The summed E-state index contributed by atoms with van der Waals surface area (Å²) in [6.45, 7) is 1.75. The van der Waals surface area contributed by atoms with Crippen LogP contribution in [-0.2, 0) is 19.1 Å². The molecule has 2 rings (SSSR count). The lowest BCUT2D eigenvalue weighted by Gasteiger charge is -2.23. The van der Waals surface area contributed by atoms with Crippen LogP contribution in [0.4, 0.5) is 14.9 Å². The van der Waals surface area contributed by atoms with Crippen molar-refractivity contribution in [1.82, 2.24) is 5.32 Å². The molecule has 0 aliphatic carbocycles. The van der Waals surface area contributed by atoms with Gasteiger partial charge in [-0.3, -0.25) is 19.7 Å². The van der Waals surface area contributed by atoms with Gasteiger partial charge in [-0.2, -0.15) is 0 Å². The van der Waals surface area contributed by atoms with E-state index in [-0.39, 0.29) is 0 Å². The van der Waals surface area contributed by atoms with Crippen LogP contribution in [-0.4, -0.2) is 47.7 Å². The standard InChI is InChI=1S/C23H25FN2O7/c1-14(2)21(22(30)26-18(12-20(28)29)19(27)13-24)33-23(31)25-15-8-10-17(11-9-15)32-16-6-4-3-5-7-16/h3-11,14,18,21H,12-13H2,1-2H3,(H,25,31)(H,26,30)(H,28,29)/t18?,21-/m0/s1. The molecule has 0 spiro atoms. The van der Waals surface area contributed by atoms with E-state index in [1.165, 1.54) is 0 Å². The van der Waals surface area contributed by atoms with E-state index in [0.717, 1.165) is 0 Å². The highest BCUT2D eigenvalue weighted by Crippen LogP contribution is 2.23. The number of carboxylic acids is 1. The number of ketones is 1. The first kappa shape index (κ1) is 25.3. The van der Waals surface area contributed by atoms with Gasteiger partial charge in [-0.1, -0.05) is 32.0 Å². The summed E-state index contributed by atoms with van der Waals surface area (Å²) in [5, 5.41) is 13.5. The lowest BCUT2D eigenvalue weighted by atomic mass is 10.0. The van der Waals surface area contributed by atoms with Crippen molar-refractivity contribution < 1.29 is 38.1 Å². The predicted molar refractivity (Wildman–Crippen MR) is 117 cm³/mol. The van der Waals surface area contributed by atoms with E-state index in [0.29, 0.717) is 17.2 Å². The van der Waals surface area contributed by atoms with Crippen molar-refractivity contribution >= 4 is 29.4 Å². The number of benzene rings is 2. The van der Waals surface area contributed by atoms with Crippen LogP contribution in [0.3, 0.4) is 0 Å². The normalized spacial score (nSPS) is 12.4. The first-order chi connectivity index (χ1) is 15.7. The molecule has 0 aromatic heterocycles. The van der Waals surface area contributed by atoms with Gasteiger partial charge in [0.25, 0.3) is 5.91 Å². The van der Waals surface area contributed by atoms with Gasteiger partial charge in [0, 0.05) is 5.69 Å². The van der Waals surface area contributed by atoms with Gasteiger partial charge >= 0.3 is 12.1 Å². The molecule has 2 amide bonds. The minimum absolute atomic E-state index is 0.375. The van der Waals surface area contributed by atoms with Gasteiger partial charge in [-0.25, -0.2) is 9.18 Å². The number of halogens is 1. The highest BCUT2D eigenvalue weighted by atomic mass is 19.1. The third-order valence-corrected chi connectivity index (χ3v) is 4.39. The zero-order chi connectivity index (χ0) is 24.4. The molecule has 176 valence electrons. The van der Waals surface area contributed by atoms with Crippen molar-refractivity contribution in [2.45, 2.75) is 32.4 Å². The fourth-order valence-corrected chi connectivity index (χ4v) is 2.75. The molecule has 0 radical (unpaired) electrons. The molecule has 0 saturated carbocycles. The largest absolute Gasteiger partial charge is 0.481 e. The summed E-state index contributed by atoms with van der Waals surface area (Å²) in [6.07, 6.45) is -3.07. The number of carbonyl (C=O) groups is 4. The molecular weight excluding hydrogens is 435 g/mol. The van der Waals surface area contributed by atoms with Crippen molar-refractivity contribution in [3.8, 4) is 11.5 Å². The Morgan fingerprint density at radius 2 is 1.58 bits per heavy atom. The summed E-state index contributed by atoms with van der Waals surface area (Å²) in [5.41, 5.74) is 0.375. The molecule has 0 bridgehead atoms. The van der Waals surface area contributed by atoms with Gasteiger partial charge in [0.05, 0.1) is 6.42 Å².